The van der Waals surface area contributed by atoms with Gasteiger partial charge in [0.25, 0.3) is 0 Å². The van der Waals surface area contributed by atoms with Gasteiger partial charge in [0.15, 0.2) is 0 Å². The van der Waals surface area contributed by atoms with Crippen LogP contribution in [0, 0.1) is 0 Å². The van der Waals surface area contributed by atoms with Crippen LogP contribution >= 0.6 is 15.9 Å². The summed E-state index contributed by atoms with van der Waals surface area (Å²) >= 11 is 3.53. The molecule has 0 saturated heterocycles. The lowest BCUT2D eigenvalue weighted by Crippen LogP contribution is -2.23. The maximum atomic E-state index is 5.35. The molecule has 0 unspecified atom stereocenters. The number of hydrogen-bond donors (Lipinski definition) is 2. The summed E-state index contributed by atoms with van der Waals surface area (Å²) in [5, 5.41) is 6.75. The molecule has 136 valence electrons. The predicted molar refractivity (Wildman–Crippen MR) is 108 cm³/mol. The summed E-state index contributed by atoms with van der Waals surface area (Å²) in [5.41, 5.74) is 0.848. The number of nitrogens with one attached hydrogen (secondary N) is 2. The Bertz CT molecular complexity index is 660. The molecule has 0 atom stereocenters. The molecule has 1 fully saturated rings. The average Bonchev–Trinajstić information content (AvgIpc) is 2.67. The summed E-state index contributed by atoms with van der Waals surface area (Å²) in [6.07, 6.45) is 8.08. The van der Waals surface area contributed by atoms with Crippen molar-refractivity contribution in [2.75, 3.05) is 17.7 Å². The monoisotopic (exact) mass is 406 g/mol. The third-order valence-electron chi connectivity index (χ3n) is 4.04. The van der Waals surface area contributed by atoms with Crippen molar-refractivity contribution in [3.63, 3.8) is 0 Å². The number of halogens is 1. The van der Waals surface area contributed by atoms with Crippen molar-refractivity contribution in [1.29, 1.82) is 0 Å². The molecule has 0 spiro atoms. The third-order valence-corrected chi connectivity index (χ3v) is 4.62. The lowest BCUT2D eigenvalue weighted by molar-refractivity contribution is 0.417. The number of methoxy groups -OCH3 is 1. The van der Waals surface area contributed by atoms with Gasteiger partial charge in [-0.15, -0.1) is 0 Å². The van der Waals surface area contributed by atoms with E-state index in [1.807, 2.05) is 38.1 Å². The van der Waals surface area contributed by atoms with E-state index in [4.69, 9.17) is 4.74 Å². The van der Waals surface area contributed by atoms with Crippen LogP contribution < -0.4 is 15.4 Å². The molecular weight excluding hydrogens is 380 g/mol. The number of aromatic nitrogens is 2. The van der Waals surface area contributed by atoms with E-state index in [1.165, 1.54) is 32.1 Å². The van der Waals surface area contributed by atoms with Crippen LogP contribution in [0.1, 0.15) is 46.0 Å². The summed E-state index contributed by atoms with van der Waals surface area (Å²) in [7, 11) is 1.65. The standard InChI is InChI=1S/C17H21BrN4O.C2H6/c1-23-15-10-6-5-9-14(15)21-17-19-11-13(18)16(22-17)20-12-7-3-2-4-8-12;1-2/h5-6,9-12H,2-4,7-8H2,1H3,(H2,19,20,21,22);1-2H3. The summed E-state index contributed by atoms with van der Waals surface area (Å²) in [4.78, 5) is 8.94. The maximum Gasteiger partial charge on any atom is 0.229 e. The lowest BCUT2D eigenvalue weighted by Gasteiger charge is -2.24. The number of benzene rings is 1. The van der Waals surface area contributed by atoms with Crippen molar-refractivity contribution in [2.45, 2.75) is 52.0 Å². The minimum Gasteiger partial charge on any atom is -0.495 e. The topological polar surface area (TPSA) is 59.1 Å². The van der Waals surface area contributed by atoms with Gasteiger partial charge in [-0.25, -0.2) is 4.98 Å². The minimum atomic E-state index is 0.495. The molecule has 0 amide bonds. The first-order chi connectivity index (χ1) is 12.3. The molecule has 2 N–H and O–H groups in total. The van der Waals surface area contributed by atoms with Gasteiger partial charge in [-0.2, -0.15) is 4.98 Å². The van der Waals surface area contributed by atoms with E-state index < -0.39 is 0 Å². The van der Waals surface area contributed by atoms with Crippen LogP contribution in [-0.2, 0) is 0 Å². The number of ether oxygens (including phenoxy) is 1. The molecular formula is C19H27BrN4O. The quantitative estimate of drug-likeness (QED) is 0.660. The zero-order valence-electron chi connectivity index (χ0n) is 15.2. The van der Waals surface area contributed by atoms with Gasteiger partial charge in [0.05, 0.1) is 17.3 Å². The summed E-state index contributed by atoms with van der Waals surface area (Å²) in [5.74, 6) is 2.15. The van der Waals surface area contributed by atoms with Gasteiger partial charge < -0.3 is 15.4 Å². The van der Waals surface area contributed by atoms with Crippen LogP contribution in [-0.4, -0.2) is 23.1 Å². The average molecular weight is 407 g/mol. The van der Waals surface area contributed by atoms with E-state index >= 15 is 0 Å². The first-order valence-corrected chi connectivity index (χ1v) is 9.74. The first-order valence-electron chi connectivity index (χ1n) is 8.95. The molecule has 25 heavy (non-hydrogen) atoms. The second-order valence-corrected chi connectivity index (χ2v) is 6.55. The smallest absolute Gasteiger partial charge is 0.229 e. The lowest BCUT2D eigenvalue weighted by atomic mass is 9.95. The molecule has 1 aromatic heterocycles. The van der Waals surface area contributed by atoms with Crippen molar-refractivity contribution >= 4 is 33.4 Å². The highest BCUT2D eigenvalue weighted by Crippen LogP contribution is 2.29. The summed E-state index contributed by atoms with van der Waals surface area (Å²) < 4.78 is 6.23. The fourth-order valence-electron chi connectivity index (χ4n) is 2.84. The van der Waals surface area contributed by atoms with Gasteiger partial charge in [0.1, 0.15) is 11.6 Å². The molecule has 2 aromatic rings. The van der Waals surface area contributed by atoms with Crippen LogP contribution in [0.25, 0.3) is 0 Å². The van der Waals surface area contributed by atoms with Crippen molar-refractivity contribution < 1.29 is 4.74 Å². The van der Waals surface area contributed by atoms with Gasteiger partial charge >= 0.3 is 0 Å². The number of rotatable bonds is 5. The van der Waals surface area contributed by atoms with Crippen LogP contribution in [0.15, 0.2) is 34.9 Å². The molecule has 0 radical (unpaired) electrons. The van der Waals surface area contributed by atoms with E-state index in [1.54, 1.807) is 13.3 Å². The van der Waals surface area contributed by atoms with Crippen molar-refractivity contribution in [3.8, 4) is 5.75 Å². The molecule has 5 nitrogen and oxygen atoms in total. The number of anilines is 3. The first kappa shape index (κ1) is 19.5. The molecule has 1 heterocycles. The van der Waals surface area contributed by atoms with E-state index in [0.717, 1.165) is 21.7 Å². The van der Waals surface area contributed by atoms with Gasteiger partial charge in [0, 0.05) is 12.2 Å². The van der Waals surface area contributed by atoms with E-state index in [2.05, 4.69) is 36.5 Å². The molecule has 0 aliphatic heterocycles. The molecule has 1 aromatic carbocycles. The molecule has 1 aliphatic carbocycles. The van der Waals surface area contributed by atoms with E-state index in [0.29, 0.717) is 12.0 Å². The predicted octanol–water partition coefficient (Wildman–Crippen LogP) is 5.76. The molecule has 1 saturated carbocycles. The number of hydrogen-bond acceptors (Lipinski definition) is 5. The number of para-hydroxylation sites is 2. The van der Waals surface area contributed by atoms with Crippen molar-refractivity contribution in [3.05, 3.63) is 34.9 Å². The summed E-state index contributed by atoms with van der Waals surface area (Å²) in [6, 6.07) is 8.22. The Balaban J connectivity index is 0.00000109. The number of nitrogens with zero attached hydrogens (tertiary/aromatic N) is 2. The molecule has 1 aliphatic rings. The highest BCUT2D eigenvalue weighted by atomic mass is 79.9. The fourth-order valence-corrected chi connectivity index (χ4v) is 3.14. The highest BCUT2D eigenvalue weighted by Gasteiger charge is 2.16. The Labute approximate surface area is 158 Å². The molecule has 0 bridgehead atoms. The third kappa shape index (κ3) is 5.59. The Morgan fingerprint density at radius 2 is 1.84 bits per heavy atom. The van der Waals surface area contributed by atoms with Crippen molar-refractivity contribution in [1.82, 2.24) is 9.97 Å². The highest BCUT2D eigenvalue weighted by molar-refractivity contribution is 9.10. The Kier molecular flexibility index (Phi) is 7.98. The largest absolute Gasteiger partial charge is 0.495 e. The van der Waals surface area contributed by atoms with Gasteiger partial charge in [-0.3, -0.25) is 0 Å². The van der Waals surface area contributed by atoms with Crippen LogP contribution in [0.2, 0.25) is 0 Å². The van der Waals surface area contributed by atoms with Crippen LogP contribution in [0.4, 0.5) is 17.5 Å². The zero-order chi connectivity index (χ0) is 18.1. The van der Waals surface area contributed by atoms with Gasteiger partial charge in [-0.05, 0) is 40.9 Å². The normalized spacial score (nSPS) is 14.2. The Hall–Kier alpha value is -1.82. The second kappa shape index (κ2) is 10.2. The minimum absolute atomic E-state index is 0.495. The Morgan fingerprint density at radius 3 is 2.56 bits per heavy atom. The van der Waals surface area contributed by atoms with Gasteiger partial charge in [-0.1, -0.05) is 45.2 Å². The van der Waals surface area contributed by atoms with Crippen LogP contribution in [0.5, 0.6) is 5.75 Å². The van der Waals surface area contributed by atoms with E-state index in [-0.39, 0.29) is 0 Å². The maximum absolute atomic E-state index is 5.35. The SMILES string of the molecule is CC.COc1ccccc1Nc1ncc(Br)c(NC2CCCCC2)n1. The fraction of sp³-hybridized carbons (Fsp3) is 0.474. The summed E-state index contributed by atoms with van der Waals surface area (Å²) in [6.45, 7) is 4.00. The van der Waals surface area contributed by atoms with Crippen LogP contribution in [0.3, 0.4) is 0 Å². The second-order valence-electron chi connectivity index (χ2n) is 5.69. The Morgan fingerprint density at radius 1 is 1.12 bits per heavy atom. The molecule has 3 rings (SSSR count). The van der Waals surface area contributed by atoms with Gasteiger partial charge in [0.2, 0.25) is 5.95 Å². The van der Waals surface area contributed by atoms with E-state index in [9.17, 15) is 0 Å². The van der Waals surface area contributed by atoms with Crippen molar-refractivity contribution in [2.24, 2.45) is 0 Å². The zero-order valence-corrected chi connectivity index (χ0v) is 16.8. The molecule has 6 heteroatoms.